The first-order valence-electron chi connectivity index (χ1n) is 8.88. The molecule has 0 spiro atoms. The summed E-state index contributed by atoms with van der Waals surface area (Å²) in [5.41, 5.74) is -0.178. The predicted molar refractivity (Wildman–Crippen MR) is 93.2 cm³/mol. The van der Waals surface area contributed by atoms with Crippen LogP contribution in [0.25, 0.3) is 0 Å². The highest BCUT2D eigenvalue weighted by Crippen LogP contribution is 2.30. The maximum Gasteiger partial charge on any atom is 0.329 e. The lowest BCUT2D eigenvalue weighted by atomic mass is 9.86. The Labute approximate surface area is 150 Å². The molecule has 0 amide bonds. The second-order valence-corrected chi connectivity index (χ2v) is 6.75. The molecule has 1 saturated carbocycles. The fourth-order valence-electron chi connectivity index (χ4n) is 3.39. The average Bonchev–Trinajstić information content (AvgIpc) is 2.63. The molecule has 2 fully saturated rings. The Morgan fingerprint density at radius 3 is 2.42 bits per heavy atom. The van der Waals surface area contributed by atoms with Gasteiger partial charge in [0.05, 0.1) is 10.8 Å². The maximum absolute atomic E-state index is 11.3. The second kappa shape index (κ2) is 8.26. The molecule has 1 aliphatic carbocycles. The van der Waals surface area contributed by atoms with Crippen LogP contribution in [0.2, 0.25) is 0 Å². The number of hydrogen-bond donors (Lipinski definition) is 3. The van der Waals surface area contributed by atoms with E-state index in [1.165, 1.54) is 6.20 Å². The number of anilines is 2. The number of hydrogen-bond acceptors (Lipinski definition) is 8. The summed E-state index contributed by atoms with van der Waals surface area (Å²) < 4.78 is 5.31. The Bertz CT molecular complexity index is 656. The standard InChI is InChI=1S/C16H23N5O5/c22-15(23)10-1-3-11(4-2-10)18-14-13(21(24)25)9-17-16(20-14)19-12-5-7-26-8-6-12/h9-12H,1-8H2,(H,22,23)(H2,17,18,19,20). The van der Waals surface area contributed by atoms with Crippen LogP contribution in [0.1, 0.15) is 38.5 Å². The van der Waals surface area contributed by atoms with Gasteiger partial charge < -0.3 is 20.5 Å². The number of carboxylic acid groups (broad SMARTS) is 1. The topological polar surface area (TPSA) is 140 Å². The number of carboxylic acids is 1. The molecule has 1 aliphatic heterocycles. The number of nitrogens with zero attached hydrogens (tertiary/aromatic N) is 3. The van der Waals surface area contributed by atoms with Crippen molar-refractivity contribution in [3.05, 3.63) is 16.3 Å². The van der Waals surface area contributed by atoms with E-state index in [0.29, 0.717) is 44.8 Å². The summed E-state index contributed by atoms with van der Waals surface area (Å²) in [4.78, 5) is 30.2. The molecule has 10 heteroatoms. The van der Waals surface area contributed by atoms with Gasteiger partial charge in [0, 0.05) is 25.3 Å². The molecule has 10 nitrogen and oxygen atoms in total. The second-order valence-electron chi connectivity index (χ2n) is 6.75. The van der Waals surface area contributed by atoms with E-state index in [1.54, 1.807) is 0 Å². The molecule has 1 aromatic rings. The molecule has 142 valence electrons. The summed E-state index contributed by atoms with van der Waals surface area (Å²) in [6.45, 7) is 1.34. The van der Waals surface area contributed by atoms with Gasteiger partial charge in [0.1, 0.15) is 6.20 Å². The molecule has 0 aromatic carbocycles. The Balaban J connectivity index is 1.68. The summed E-state index contributed by atoms with van der Waals surface area (Å²) in [6, 6.07) is 0.152. The minimum Gasteiger partial charge on any atom is -0.481 e. The Morgan fingerprint density at radius 2 is 1.81 bits per heavy atom. The first kappa shape index (κ1) is 18.3. The quantitative estimate of drug-likeness (QED) is 0.510. The lowest BCUT2D eigenvalue weighted by Gasteiger charge is -2.27. The van der Waals surface area contributed by atoms with Crippen molar-refractivity contribution in [2.45, 2.75) is 50.6 Å². The van der Waals surface area contributed by atoms with Crippen LogP contribution >= 0.6 is 0 Å². The molecular weight excluding hydrogens is 342 g/mol. The lowest BCUT2D eigenvalue weighted by Crippen LogP contribution is -2.30. The highest BCUT2D eigenvalue weighted by molar-refractivity contribution is 5.70. The van der Waals surface area contributed by atoms with Crippen LogP contribution in [-0.4, -0.2) is 51.3 Å². The van der Waals surface area contributed by atoms with Crippen LogP contribution < -0.4 is 10.6 Å². The van der Waals surface area contributed by atoms with Crippen molar-refractivity contribution >= 4 is 23.4 Å². The Kier molecular flexibility index (Phi) is 5.82. The van der Waals surface area contributed by atoms with Crippen LogP contribution in [0.15, 0.2) is 6.20 Å². The normalized spacial score (nSPS) is 24.0. The molecule has 2 heterocycles. The number of nitrogens with one attached hydrogen (secondary N) is 2. The Morgan fingerprint density at radius 1 is 1.15 bits per heavy atom. The number of carbonyl (C=O) groups is 1. The van der Waals surface area contributed by atoms with E-state index >= 15 is 0 Å². The summed E-state index contributed by atoms with van der Waals surface area (Å²) in [5, 5.41) is 26.7. The van der Waals surface area contributed by atoms with Crippen molar-refractivity contribution in [1.82, 2.24) is 9.97 Å². The molecule has 0 bridgehead atoms. The Hall–Kier alpha value is -2.49. The number of ether oxygens (including phenoxy) is 1. The molecule has 1 aromatic heterocycles. The number of nitro groups is 1. The number of aliphatic carboxylic acids is 1. The van der Waals surface area contributed by atoms with Gasteiger partial charge in [-0.05, 0) is 38.5 Å². The zero-order valence-corrected chi connectivity index (χ0v) is 14.4. The van der Waals surface area contributed by atoms with Crippen molar-refractivity contribution < 1.29 is 19.6 Å². The minimum atomic E-state index is -0.778. The van der Waals surface area contributed by atoms with E-state index in [-0.39, 0.29) is 29.5 Å². The van der Waals surface area contributed by atoms with Gasteiger partial charge in [-0.25, -0.2) is 4.98 Å². The van der Waals surface area contributed by atoms with Crippen LogP contribution in [0.5, 0.6) is 0 Å². The SMILES string of the molecule is O=C(O)C1CCC(Nc2nc(NC3CCOCC3)ncc2[N+](=O)[O-])CC1. The zero-order chi connectivity index (χ0) is 18.5. The third kappa shape index (κ3) is 4.57. The summed E-state index contributed by atoms with van der Waals surface area (Å²) in [7, 11) is 0. The van der Waals surface area contributed by atoms with E-state index in [1.807, 2.05) is 0 Å². The van der Waals surface area contributed by atoms with E-state index in [4.69, 9.17) is 9.84 Å². The lowest BCUT2D eigenvalue weighted by molar-refractivity contribution is -0.384. The molecule has 3 N–H and O–H groups in total. The fourth-order valence-corrected chi connectivity index (χ4v) is 3.39. The highest BCUT2D eigenvalue weighted by Gasteiger charge is 2.28. The highest BCUT2D eigenvalue weighted by atomic mass is 16.6. The van der Waals surface area contributed by atoms with Crippen LogP contribution in [0.3, 0.4) is 0 Å². The molecule has 0 atom stereocenters. The van der Waals surface area contributed by atoms with Gasteiger partial charge in [0.15, 0.2) is 0 Å². The van der Waals surface area contributed by atoms with E-state index in [0.717, 1.165) is 12.8 Å². The van der Waals surface area contributed by atoms with Gasteiger partial charge in [0.2, 0.25) is 11.8 Å². The molecule has 2 aliphatic rings. The van der Waals surface area contributed by atoms with Crippen molar-refractivity contribution in [1.29, 1.82) is 0 Å². The fraction of sp³-hybridized carbons (Fsp3) is 0.688. The first-order valence-corrected chi connectivity index (χ1v) is 8.88. The van der Waals surface area contributed by atoms with Crippen LogP contribution in [-0.2, 0) is 9.53 Å². The van der Waals surface area contributed by atoms with Gasteiger partial charge >= 0.3 is 11.7 Å². The molecule has 1 saturated heterocycles. The minimum absolute atomic E-state index is 0.0323. The first-order chi connectivity index (χ1) is 12.5. The molecule has 0 radical (unpaired) electrons. The van der Waals surface area contributed by atoms with Crippen molar-refractivity contribution in [2.24, 2.45) is 5.92 Å². The van der Waals surface area contributed by atoms with Crippen molar-refractivity contribution in [3.63, 3.8) is 0 Å². The van der Waals surface area contributed by atoms with Gasteiger partial charge in [0.25, 0.3) is 0 Å². The third-order valence-corrected chi connectivity index (χ3v) is 4.94. The van der Waals surface area contributed by atoms with Crippen molar-refractivity contribution in [2.75, 3.05) is 23.8 Å². The molecule has 3 rings (SSSR count). The van der Waals surface area contributed by atoms with Gasteiger partial charge in [-0.1, -0.05) is 0 Å². The molecule has 0 unspecified atom stereocenters. The summed E-state index contributed by atoms with van der Waals surface area (Å²) in [5.74, 6) is -0.582. The van der Waals surface area contributed by atoms with E-state index < -0.39 is 10.9 Å². The average molecular weight is 365 g/mol. The predicted octanol–water partition coefficient (Wildman–Crippen LogP) is 2.03. The van der Waals surface area contributed by atoms with E-state index in [2.05, 4.69) is 20.6 Å². The summed E-state index contributed by atoms with van der Waals surface area (Å²) in [6.07, 6.45) is 5.27. The maximum atomic E-state index is 11.3. The smallest absolute Gasteiger partial charge is 0.329 e. The zero-order valence-electron chi connectivity index (χ0n) is 14.4. The molecular formula is C16H23N5O5. The summed E-state index contributed by atoms with van der Waals surface area (Å²) >= 11 is 0. The van der Waals surface area contributed by atoms with Gasteiger partial charge in [-0.3, -0.25) is 14.9 Å². The van der Waals surface area contributed by atoms with Crippen molar-refractivity contribution in [3.8, 4) is 0 Å². The van der Waals surface area contributed by atoms with E-state index in [9.17, 15) is 14.9 Å². The molecule has 26 heavy (non-hydrogen) atoms. The number of rotatable bonds is 6. The van der Waals surface area contributed by atoms with Gasteiger partial charge in [-0.15, -0.1) is 0 Å². The van der Waals surface area contributed by atoms with Crippen LogP contribution in [0, 0.1) is 16.0 Å². The monoisotopic (exact) mass is 365 g/mol. The number of aromatic nitrogens is 2. The largest absolute Gasteiger partial charge is 0.481 e. The van der Waals surface area contributed by atoms with Crippen LogP contribution in [0.4, 0.5) is 17.5 Å². The van der Waals surface area contributed by atoms with Gasteiger partial charge in [-0.2, -0.15) is 4.98 Å². The third-order valence-electron chi connectivity index (χ3n) is 4.94.